The van der Waals surface area contributed by atoms with Crippen LogP contribution in [0, 0.1) is 0 Å². The molecule has 2 aliphatic heterocycles. The van der Waals surface area contributed by atoms with Crippen LogP contribution in [0.1, 0.15) is 37.8 Å². The smallest absolute Gasteiger partial charge is 0.290 e. The highest BCUT2D eigenvalue weighted by atomic mass is 16.2. The molecule has 0 radical (unpaired) electrons. The van der Waals surface area contributed by atoms with E-state index in [2.05, 4.69) is 39.5 Å². The van der Waals surface area contributed by atoms with E-state index in [-0.39, 0.29) is 11.8 Å². The Morgan fingerprint density at radius 3 is 2.59 bits per heavy atom. The van der Waals surface area contributed by atoms with Crippen LogP contribution in [0.15, 0.2) is 60.8 Å². The van der Waals surface area contributed by atoms with Gasteiger partial charge in [0.2, 0.25) is 0 Å². The number of nitrogens with one attached hydrogen (secondary N) is 1. The van der Waals surface area contributed by atoms with Crippen molar-refractivity contribution in [2.24, 2.45) is 0 Å². The molecule has 0 spiro atoms. The molecule has 2 aliphatic rings. The lowest BCUT2D eigenvalue weighted by Crippen LogP contribution is -2.39. The Hall–Kier alpha value is -3.45. The number of carbonyl (C=O) groups is 2. The number of hydrogen-bond donors (Lipinski definition) is 1. The molecule has 0 aliphatic carbocycles. The quantitative estimate of drug-likeness (QED) is 0.653. The lowest BCUT2D eigenvalue weighted by molar-refractivity contribution is 0.0683. The summed E-state index contributed by atoms with van der Waals surface area (Å²) in [4.78, 5) is 34.0. The zero-order valence-electron chi connectivity index (χ0n) is 18.0. The summed E-state index contributed by atoms with van der Waals surface area (Å²) >= 11 is 0. The van der Waals surface area contributed by atoms with E-state index < -0.39 is 0 Å². The number of nitrogens with zero attached hydrogens (tertiary/aromatic N) is 4. The van der Waals surface area contributed by atoms with E-state index in [4.69, 9.17) is 0 Å². The van der Waals surface area contributed by atoms with E-state index in [9.17, 15) is 9.59 Å². The minimum absolute atomic E-state index is 0.133. The molecule has 2 aromatic carbocycles. The molecule has 0 unspecified atom stereocenters. The third-order valence-corrected chi connectivity index (χ3v) is 6.24. The summed E-state index contributed by atoms with van der Waals surface area (Å²) < 4.78 is 1.79. The Bertz CT molecular complexity index is 1120. The molecule has 164 valence electrons. The molecule has 0 atom stereocenters. The van der Waals surface area contributed by atoms with E-state index in [1.807, 2.05) is 30.3 Å². The van der Waals surface area contributed by atoms with Crippen LogP contribution < -0.4 is 5.32 Å². The van der Waals surface area contributed by atoms with Gasteiger partial charge >= 0.3 is 0 Å². The van der Waals surface area contributed by atoms with E-state index in [1.165, 1.54) is 11.1 Å². The number of benzene rings is 2. The van der Waals surface area contributed by atoms with E-state index in [0.29, 0.717) is 37.7 Å². The van der Waals surface area contributed by atoms with Crippen molar-refractivity contribution in [2.75, 3.05) is 26.2 Å². The summed E-state index contributed by atoms with van der Waals surface area (Å²) in [7, 11) is 0. The van der Waals surface area contributed by atoms with Gasteiger partial charge < -0.3 is 14.8 Å². The van der Waals surface area contributed by atoms with Gasteiger partial charge in [0.05, 0.1) is 0 Å². The van der Waals surface area contributed by atoms with Crippen molar-refractivity contribution in [1.82, 2.24) is 24.7 Å². The summed E-state index contributed by atoms with van der Waals surface area (Å²) in [6, 6.07) is 18.4. The molecule has 0 fully saturated rings. The Balaban J connectivity index is 1.16. The fourth-order valence-corrected chi connectivity index (χ4v) is 4.46. The third-order valence-electron chi connectivity index (χ3n) is 6.24. The van der Waals surface area contributed by atoms with Gasteiger partial charge in [-0.1, -0.05) is 54.6 Å². The third kappa shape index (κ3) is 4.29. The number of carbonyl (C=O) groups excluding carboxylic acids is 2. The number of aromatic nitrogens is 2. The van der Waals surface area contributed by atoms with Gasteiger partial charge in [-0.3, -0.25) is 14.5 Å². The molecule has 3 aromatic rings. The van der Waals surface area contributed by atoms with Gasteiger partial charge in [0.1, 0.15) is 5.69 Å². The van der Waals surface area contributed by atoms with Crippen molar-refractivity contribution in [2.45, 2.75) is 26.1 Å². The predicted molar refractivity (Wildman–Crippen MR) is 121 cm³/mol. The zero-order valence-corrected chi connectivity index (χ0v) is 18.0. The van der Waals surface area contributed by atoms with Gasteiger partial charge in [-0.25, -0.2) is 4.98 Å². The first-order valence-corrected chi connectivity index (χ1v) is 11.1. The molecule has 3 heterocycles. The van der Waals surface area contributed by atoms with Crippen LogP contribution in [-0.4, -0.2) is 57.3 Å². The average Bonchev–Trinajstić information content (AvgIpc) is 3.27. The van der Waals surface area contributed by atoms with Crippen molar-refractivity contribution in [1.29, 1.82) is 0 Å². The van der Waals surface area contributed by atoms with Gasteiger partial charge in [0.15, 0.2) is 5.82 Å². The molecule has 7 nitrogen and oxygen atoms in total. The van der Waals surface area contributed by atoms with Gasteiger partial charge in [0, 0.05) is 52.0 Å². The van der Waals surface area contributed by atoms with Crippen LogP contribution in [0.3, 0.4) is 0 Å². The summed E-state index contributed by atoms with van der Waals surface area (Å²) in [5, 5.41) is 2.96. The summed E-state index contributed by atoms with van der Waals surface area (Å²) in [5.74, 6) is -0.0252. The highest BCUT2D eigenvalue weighted by molar-refractivity contribution is 5.96. The minimum atomic E-state index is -0.230. The summed E-state index contributed by atoms with van der Waals surface area (Å²) in [5.41, 5.74) is 4.17. The lowest BCUT2D eigenvalue weighted by atomic mass is 10.00. The first-order valence-electron chi connectivity index (χ1n) is 11.1. The van der Waals surface area contributed by atoms with Crippen molar-refractivity contribution in [3.8, 4) is 0 Å². The Morgan fingerprint density at radius 2 is 1.75 bits per heavy atom. The molecule has 32 heavy (non-hydrogen) atoms. The van der Waals surface area contributed by atoms with Crippen molar-refractivity contribution < 1.29 is 9.59 Å². The van der Waals surface area contributed by atoms with Crippen LogP contribution >= 0.6 is 0 Å². The van der Waals surface area contributed by atoms with E-state index >= 15 is 0 Å². The van der Waals surface area contributed by atoms with Crippen LogP contribution in [0.4, 0.5) is 0 Å². The number of rotatable bonds is 6. The molecule has 1 aromatic heterocycles. The normalized spacial score (nSPS) is 15.9. The second kappa shape index (κ2) is 8.96. The molecule has 5 rings (SSSR count). The molecule has 0 bridgehead atoms. The van der Waals surface area contributed by atoms with Crippen molar-refractivity contribution in [3.63, 3.8) is 0 Å². The minimum Gasteiger partial charge on any atom is -0.349 e. The van der Waals surface area contributed by atoms with Gasteiger partial charge in [-0.2, -0.15) is 0 Å². The maximum atomic E-state index is 12.9. The standard InChI is InChI=1S/C25H27N5O2/c31-24(26-11-13-28-12-10-20-8-4-5-9-21(20)17-28)22-18-29-14-15-30(25(32)23(29)27-22)16-19-6-2-1-3-7-19/h1-9,18H,10-17H2,(H,26,31). The van der Waals surface area contributed by atoms with Crippen LogP contribution in [0.2, 0.25) is 0 Å². The van der Waals surface area contributed by atoms with Crippen LogP contribution in [0.5, 0.6) is 0 Å². The fourth-order valence-electron chi connectivity index (χ4n) is 4.46. The highest BCUT2D eigenvalue weighted by Crippen LogP contribution is 2.18. The zero-order chi connectivity index (χ0) is 21.9. The molecule has 2 amide bonds. The summed E-state index contributed by atoms with van der Waals surface area (Å²) in [6.45, 7) is 5.05. The van der Waals surface area contributed by atoms with Gasteiger partial charge in [0.25, 0.3) is 11.8 Å². The van der Waals surface area contributed by atoms with Crippen LogP contribution in [-0.2, 0) is 26.1 Å². The molecule has 7 heteroatoms. The second-order valence-corrected chi connectivity index (χ2v) is 8.41. The SMILES string of the molecule is O=C(NCCN1CCc2ccccc2C1)c1cn2c(n1)C(=O)N(Cc1ccccc1)CC2. The van der Waals surface area contributed by atoms with Gasteiger partial charge in [-0.05, 0) is 23.1 Å². The summed E-state index contributed by atoms with van der Waals surface area (Å²) in [6.07, 6.45) is 2.74. The molecular formula is C25H27N5O2. The Morgan fingerprint density at radius 1 is 0.969 bits per heavy atom. The number of hydrogen-bond acceptors (Lipinski definition) is 4. The number of fused-ring (bicyclic) bond motifs is 2. The van der Waals surface area contributed by atoms with Crippen LogP contribution in [0.25, 0.3) is 0 Å². The predicted octanol–water partition coefficient (Wildman–Crippen LogP) is 2.33. The maximum absolute atomic E-state index is 12.9. The molecule has 0 saturated heterocycles. The average molecular weight is 430 g/mol. The second-order valence-electron chi connectivity index (χ2n) is 8.41. The largest absolute Gasteiger partial charge is 0.349 e. The monoisotopic (exact) mass is 429 g/mol. The number of imidazole rings is 1. The molecule has 0 saturated carbocycles. The lowest BCUT2D eigenvalue weighted by Gasteiger charge is -2.28. The van der Waals surface area contributed by atoms with Crippen molar-refractivity contribution >= 4 is 11.8 Å². The Labute approximate surface area is 187 Å². The van der Waals surface area contributed by atoms with E-state index in [1.54, 1.807) is 15.7 Å². The number of amides is 2. The highest BCUT2D eigenvalue weighted by Gasteiger charge is 2.28. The first kappa shape index (κ1) is 20.5. The van der Waals surface area contributed by atoms with Gasteiger partial charge in [-0.15, -0.1) is 0 Å². The molecular weight excluding hydrogens is 402 g/mol. The topological polar surface area (TPSA) is 70.5 Å². The van der Waals surface area contributed by atoms with Crippen molar-refractivity contribution in [3.05, 3.63) is 89.0 Å². The van der Waals surface area contributed by atoms with E-state index in [0.717, 1.165) is 31.6 Å². The first-order chi connectivity index (χ1) is 15.7. The Kier molecular flexibility index (Phi) is 5.73. The molecule has 1 N–H and O–H groups in total. The maximum Gasteiger partial charge on any atom is 0.290 e. The fraction of sp³-hybridized carbons (Fsp3) is 0.320.